The summed E-state index contributed by atoms with van der Waals surface area (Å²) in [5, 5.41) is 6.98. The SMILES string of the molecule is Cc1[nH]ncc1-c1cc2nc(CCCc3ccccc3)[nH]c(=O)c2s1. The zero-order chi connectivity index (χ0) is 17.2. The van der Waals surface area contributed by atoms with Gasteiger partial charge in [-0.3, -0.25) is 9.89 Å². The molecule has 3 aromatic heterocycles. The Kier molecular flexibility index (Phi) is 4.19. The summed E-state index contributed by atoms with van der Waals surface area (Å²) in [6.45, 7) is 1.97. The van der Waals surface area contributed by atoms with Gasteiger partial charge in [0, 0.05) is 22.6 Å². The molecule has 0 amide bonds. The summed E-state index contributed by atoms with van der Waals surface area (Å²) in [4.78, 5) is 21.0. The van der Waals surface area contributed by atoms with Crippen molar-refractivity contribution in [3.8, 4) is 10.4 Å². The van der Waals surface area contributed by atoms with Crippen molar-refractivity contribution in [2.45, 2.75) is 26.2 Å². The van der Waals surface area contributed by atoms with Crippen LogP contribution >= 0.6 is 11.3 Å². The predicted molar refractivity (Wildman–Crippen MR) is 101 cm³/mol. The van der Waals surface area contributed by atoms with E-state index in [1.165, 1.54) is 16.9 Å². The molecule has 0 aliphatic rings. The van der Waals surface area contributed by atoms with Crippen molar-refractivity contribution in [2.75, 3.05) is 0 Å². The van der Waals surface area contributed by atoms with Gasteiger partial charge in [-0.15, -0.1) is 11.3 Å². The Bertz CT molecular complexity index is 1060. The van der Waals surface area contributed by atoms with Gasteiger partial charge in [0.1, 0.15) is 10.5 Å². The van der Waals surface area contributed by atoms with Crippen LogP contribution in [0.3, 0.4) is 0 Å². The number of nitrogens with one attached hydrogen (secondary N) is 2. The second kappa shape index (κ2) is 6.64. The third-order valence-corrected chi connectivity index (χ3v) is 5.41. The summed E-state index contributed by atoms with van der Waals surface area (Å²) in [6.07, 6.45) is 4.48. The van der Waals surface area contributed by atoms with E-state index < -0.39 is 0 Å². The van der Waals surface area contributed by atoms with E-state index in [0.717, 1.165) is 46.7 Å². The highest BCUT2D eigenvalue weighted by atomic mass is 32.1. The Balaban J connectivity index is 1.57. The Labute approximate surface area is 148 Å². The zero-order valence-electron chi connectivity index (χ0n) is 13.9. The van der Waals surface area contributed by atoms with Crippen molar-refractivity contribution in [1.29, 1.82) is 0 Å². The lowest BCUT2D eigenvalue weighted by molar-refractivity contribution is 0.773. The average molecular weight is 350 g/mol. The van der Waals surface area contributed by atoms with Crippen LogP contribution in [0.25, 0.3) is 20.7 Å². The van der Waals surface area contributed by atoms with E-state index in [9.17, 15) is 4.79 Å². The minimum Gasteiger partial charge on any atom is -0.309 e. The number of H-pyrrole nitrogens is 2. The van der Waals surface area contributed by atoms with Gasteiger partial charge < -0.3 is 4.98 Å². The van der Waals surface area contributed by atoms with Crippen LogP contribution in [0.4, 0.5) is 0 Å². The first-order valence-electron chi connectivity index (χ1n) is 8.28. The number of benzene rings is 1. The van der Waals surface area contributed by atoms with Gasteiger partial charge in [-0.1, -0.05) is 30.3 Å². The predicted octanol–water partition coefficient (Wildman–Crippen LogP) is 3.86. The molecule has 0 aliphatic heterocycles. The van der Waals surface area contributed by atoms with E-state index >= 15 is 0 Å². The highest BCUT2D eigenvalue weighted by Gasteiger charge is 2.12. The topological polar surface area (TPSA) is 74.4 Å². The fourth-order valence-electron chi connectivity index (χ4n) is 2.94. The molecule has 4 aromatic rings. The van der Waals surface area contributed by atoms with E-state index in [0.29, 0.717) is 4.70 Å². The Morgan fingerprint density at radius 1 is 1.16 bits per heavy atom. The van der Waals surface area contributed by atoms with Crippen LogP contribution in [0.2, 0.25) is 0 Å². The molecule has 3 heterocycles. The first kappa shape index (κ1) is 15.8. The number of aromatic amines is 2. The van der Waals surface area contributed by atoms with Gasteiger partial charge in [0.2, 0.25) is 0 Å². The fraction of sp³-hybridized carbons (Fsp3) is 0.211. The lowest BCUT2D eigenvalue weighted by Crippen LogP contribution is -2.10. The molecular weight excluding hydrogens is 332 g/mol. The third kappa shape index (κ3) is 3.25. The second-order valence-electron chi connectivity index (χ2n) is 6.09. The van der Waals surface area contributed by atoms with Gasteiger partial charge in [-0.2, -0.15) is 5.10 Å². The Morgan fingerprint density at radius 2 is 2.00 bits per heavy atom. The van der Waals surface area contributed by atoms with E-state index in [1.807, 2.05) is 31.2 Å². The smallest absolute Gasteiger partial charge is 0.268 e. The fourth-order valence-corrected chi connectivity index (χ4v) is 4.00. The molecule has 0 saturated heterocycles. The van der Waals surface area contributed by atoms with Crippen LogP contribution in [0.1, 0.15) is 23.5 Å². The summed E-state index contributed by atoms with van der Waals surface area (Å²) in [5.41, 5.74) is 4.02. The largest absolute Gasteiger partial charge is 0.309 e. The highest BCUT2D eigenvalue weighted by Crippen LogP contribution is 2.31. The number of hydrogen-bond donors (Lipinski definition) is 2. The summed E-state index contributed by atoms with van der Waals surface area (Å²) in [5.74, 6) is 0.752. The van der Waals surface area contributed by atoms with E-state index in [2.05, 4.69) is 32.3 Å². The molecule has 0 unspecified atom stereocenters. The van der Waals surface area contributed by atoms with Crippen molar-refractivity contribution < 1.29 is 0 Å². The molecule has 6 heteroatoms. The number of nitrogens with zero attached hydrogens (tertiary/aromatic N) is 2. The second-order valence-corrected chi connectivity index (χ2v) is 7.14. The van der Waals surface area contributed by atoms with Crippen molar-refractivity contribution in [3.63, 3.8) is 0 Å². The van der Waals surface area contributed by atoms with E-state index in [-0.39, 0.29) is 5.56 Å². The van der Waals surface area contributed by atoms with E-state index in [4.69, 9.17) is 0 Å². The molecule has 0 spiro atoms. The number of fused-ring (bicyclic) bond motifs is 1. The Morgan fingerprint density at radius 3 is 2.76 bits per heavy atom. The van der Waals surface area contributed by atoms with Gasteiger partial charge in [0.25, 0.3) is 5.56 Å². The molecule has 0 aliphatic carbocycles. The maximum Gasteiger partial charge on any atom is 0.268 e. The standard InChI is InChI=1S/C19H18N4OS/c1-12-14(11-20-23-12)16-10-15-18(25-16)19(24)22-17(21-15)9-5-8-13-6-3-2-4-7-13/h2-4,6-7,10-11H,5,8-9H2,1H3,(H,20,23)(H,21,22,24). The number of thiophene rings is 1. The van der Waals surface area contributed by atoms with Gasteiger partial charge in [-0.05, 0) is 31.4 Å². The Hall–Kier alpha value is -2.73. The first-order valence-corrected chi connectivity index (χ1v) is 9.09. The van der Waals surface area contributed by atoms with Crippen molar-refractivity contribution in [3.05, 3.63) is 70.0 Å². The number of rotatable bonds is 5. The highest BCUT2D eigenvalue weighted by molar-refractivity contribution is 7.22. The van der Waals surface area contributed by atoms with Crippen molar-refractivity contribution in [2.24, 2.45) is 0 Å². The monoisotopic (exact) mass is 350 g/mol. The normalized spacial score (nSPS) is 11.2. The van der Waals surface area contributed by atoms with Crippen LogP contribution in [0.15, 0.2) is 47.4 Å². The van der Waals surface area contributed by atoms with Crippen molar-refractivity contribution in [1.82, 2.24) is 20.2 Å². The van der Waals surface area contributed by atoms with Crippen LogP contribution in [0.5, 0.6) is 0 Å². The number of aromatic nitrogens is 4. The van der Waals surface area contributed by atoms with E-state index in [1.54, 1.807) is 6.20 Å². The molecular formula is C19H18N4OS. The zero-order valence-corrected chi connectivity index (χ0v) is 14.7. The van der Waals surface area contributed by atoms with Gasteiger partial charge in [-0.25, -0.2) is 4.98 Å². The molecule has 0 atom stereocenters. The molecule has 0 bridgehead atoms. The molecule has 0 radical (unpaired) electrons. The maximum absolute atomic E-state index is 12.4. The van der Waals surface area contributed by atoms with Crippen LogP contribution in [-0.2, 0) is 12.8 Å². The molecule has 0 saturated carbocycles. The molecule has 0 fully saturated rings. The molecule has 4 rings (SSSR count). The first-order chi connectivity index (χ1) is 12.2. The number of aryl methyl sites for hydroxylation is 3. The van der Waals surface area contributed by atoms with Crippen molar-refractivity contribution >= 4 is 21.6 Å². The minimum absolute atomic E-state index is 0.0582. The lowest BCUT2D eigenvalue weighted by Gasteiger charge is -2.02. The molecule has 2 N–H and O–H groups in total. The number of hydrogen-bond acceptors (Lipinski definition) is 4. The lowest BCUT2D eigenvalue weighted by atomic mass is 10.1. The van der Waals surface area contributed by atoms with Gasteiger partial charge >= 0.3 is 0 Å². The molecule has 1 aromatic carbocycles. The summed E-state index contributed by atoms with van der Waals surface area (Å²) < 4.78 is 0.669. The molecule has 5 nitrogen and oxygen atoms in total. The van der Waals surface area contributed by atoms with Crippen LogP contribution in [0, 0.1) is 6.92 Å². The summed E-state index contributed by atoms with van der Waals surface area (Å²) in [6, 6.07) is 12.3. The summed E-state index contributed by atoms with van der Waals surface area (Å²) >= 11 is 1.46. The van der Waals surface area contributed by atoms with Crippen LogP contribution < -0.4 is 5.56 Å². The minimum atomic E-state index is -0.0582. The third-order valence-electron chi connectivity index (χ3n) is 4.25. The van der Waals surface area contributed by atoms with Gasteiger partial charge in [0.15, 0.2) is 0 Å². The van der Waals surface area contributed by atoms with Crippen LogP contribution in [-0.4, -0.2) is 20.2 Å². The maximum atomic E-state index is 12.4. The molecule has 25 heavy (non-hydrogen) atoms. The molecule has 126 valence electrons. The average Bonchev–Trinajstić information content (AvgIpc) is 3.22. The van der Waals surface area contributed by atoms with Gasteiger partial charge in [0.05, 0.1) is 11.7 Å². The quantitative estimate of drug-likeness (QED) is 0.574. The summed E-state index contributed by atoms with van der Waals surface area (Å²) in [7, 11) is 0.